The first-order chi connectivity index (χ1) is 16.5. The molecule has 5 rings (SSSR count). The zero-order valence-corrected chi connectivity index (χ0v) is 20.4. The van der Waals surface area contributed by atoms with Gasteiger partial charge in [-0.05, 0) is 49.8 Å². The van der Waals surface area contributed by atoms with Crippen LogP contribution in [0.2, 0.25) is 0 Å². The number of thiazole rings is 1. The normalized spacial score (nSPS) is 21.2. The molecule has 0 radical (unpaired) electrons. The van der Waals surface area contributed by atoms with Crippen LogP contribution in [0.1, 0.15) is 38.9 Å². The summed E-state index contributed by atoms with van der Waals surface area (Å²) in [5.74, 6) is -0.520. The SMILES string of the molecule is Cc1nc(C(=O)N2CCC([C@]3(c4ccccn4)NC(=O)N(CCc4cccs4)C3=O)CC2)cs1. The fraction of sp³-hybridized carbons (Fsp3) is 0.375. The van der Waals surface area contributed by atoms with Crippen molar-refractivity contribution in [3.63, 3.8) is 0 Å². The number of urea groups is 1. The van der Waals surface area contributed by atoms with Crippen molar-refractivity contribution in [2.45, 2.75) is 31.7 Å². The number of imide groups is 1. The molecule has 3 aromatic heterocycles. The Labute approximate surface area is 205 Å². The minimum Gasteiger partial charge on any atom is -0.337 e. The van der Waals surface area contributed by atoms with Crippen molar-refractivity contribution in [2.24, 2.45) is 5.92 Å². The number of nitrogens with one attached hydrogen (secondary N) is 1. The maximum Gasteiger partial charge on any atom is 0.325 e. The third-order valence-electron chi connectivity index (χ3n) is 6.60. The van der Waals surface area contributed by atoms with Crippen LogP contribution in [0.15, 0.2) is 47.3 Å². The predicted octanol–water partition coefficient (Wildman–Crippen LogP) is 3.45. The number of amides is 4. The predicted molar refractivity (Wildman–Crippen MR) is 130 cm³/mol. The molecule has 8 nitrogen and oxygen atoms in total. The van der Waals surface area contributed by atoms with Gasteiger partial charge in [-0.3, -0.25) is 19.5 Å². The van der Waals surface area contributed by atoms with E-state index in [1.807, 2.05) is 30.5 Å². The Morgan fingerprint density at radius 3 is 2.65 bits per heavy atom. The summed E-state index contributed by atoms with van der Waals surface area (Å²) < 4.78 is 0. The van der Waals surface area contributed by atoms with E-state index in [1.54, 1.807) is 39.9 Å². The van der Waals surface area contributed by atoms with Crippen LogP contribution in [0.5, 0.6) is 0 Å². The summed E-state index contributed by atoms with van der Waals surface area (Å²) in [6.07, 6.45) is 3.43. The number of likely N-dealkylation sites (tertiary alicyclic amines) is 1. The summed E-state index contributed by atoms with van der Waals surface area (Å²) in [4.78, 5) is 52.8. The van der Waals surface area contributed by atoms with Crippen LogP contribution in [0.4, 0.5) is 4.79 Å². The van der Waals surface area contributed by atoms with Crippen LogP contribution in [0, 0.1) is 12.8 Å². The Bertz CT molecular complexity index is 1190. The van der Waals surface area contributed by atoms with Crippen molar-refractivity contribution < 1.29 is 14.4 Å². The van der Waals surface area contributed by atoms with Crippen molar-refractivity contribution in [3.8, 4) is 0 Å². The average Bonchev–Trinajstić information content (AvgIpc) is 3.59. The molecule has 5 heterocycles. The van der Waals surface area contributed by atoms with Crippen LogP contribution in [-0.4, -0.2) is 57.2 Å². The maximum atomic E-state index is 13.9. The van der Waals surface area contributed by atoms with Gasteiger partial charge in [-0.15, -0.1) is 22.7 Å². The number of thiophene rings is 1. The molecule has 3 aromatic rings. The van der Waals surface area contributed by atoms with Crippen LogP contribution in [-0.2, 0) is 16.8 Å². The molecule has 2 aliphatic heterocycles. The molecule has 0 unspecified atom stereocenters. The molecule has 34 heavy (non-hydrogen) atoms. The largest absolute Gasteiger partial charge is 0.337 e. The molecule has 0 aromatic carbocycles. The summed E-state index contributed by atoms with van der Waals surface area (Å²) in [5, 5.41) is 7.65. The van der Waals surface area contributed by atoms with Gasteiger partial charge in [0.05, 0.1) is 10.7 Å². The highest BCUT2D eigenvalue weighted by molar-refractivity contribution is 7.10. The molecule has 1 N–H and O–H groups in total. The van der Waals surface area contributed by atoms with E-state index in [0.717, 1.165) is 9.88 Å². The number of nitrogens with zero attached hydrogens (tertiary/aromatic N) is 4. The van der Waals surface area contributed by atoms with E-state index in [-0.39, 0.29) is 23.8 Å². The fourth-order valence-electron chi connectivity index (χ4n) is 4.87. The molecule has 4 amide bonds. The Morgan fingerprint density at radius 2 is 2.00 bits per heavy atom. The van der Waals surface area contributed by atoms with E-state index in [2.05, 4.69) is 15.3 Å². The molecular weight excluding hydrogens is 470 g/mol. The maximum absolute atomic E-state index is 13.9. The van der Waals surface area contributed by atoms with Crippen molar-refractivity contribution in [1.82, 2.24) is 25.1 Å². The molecule has 0 aliphatic carbocycles. The van der Waals surface area contributed by atoms with Gasteiger partial charge in [-0.2, -0.15) is 0 Å². The quantitative estimate of drug-likeness (QED) is 0.529. The standard InChI is InChI=1S/C24H25N5O3S2/c1-16-26-19(15-34-16)21(30)28-11-7-17(8-12-28)24(20-6-2-3-10-25-20)22(31)29(23(32)27-24)13-9-18-5-4-14-33-18/h2-6,10,14-15,17H,7-9,11-13H2,1H3,(H,27,32)/t24-/m1/s1. The summed E-state index contributed by atoms with van der Waals surface area (Å²) in [7, 11) is 0. The highest BCUT2D eigenvalue weighted by Crippen LogP contribution is 2.41. The van der Waals surface area contributed by atoms with Crippen LogP contribution >= 0.6 is 22.7 Å². The van der Waals surface area contributed by atoms with Crippen LogP contribution in [0.3, 0.4) is 0 Å². The fourth-order valence-corrected chi connectivity index (χ4v) is 6.15. The molecule has 176 valence electrons. The number of aryl methyl sites for hydroxylation is 1. The molecule has 0 saturated carbocycles. The number of carbonyl (C=O) groups is 3. The molecular formula is C24H25N5O3S2. The minimum atomic E-state index is -1.22. The Balaban J connectivity index is 1.37. The second kappa shape index (κ2) is 9.27. The molecule has 2 aliphatic rings. The highest BCUT2D eigenvalue weighted by atomic mass is 32.1. The second-order valence-electron chi connectivity index (χ2n) is 8.56. The minimum absolute atomic E-state index is 0.0888. The van der Waals surface area contributed by atoms with E-state index in [1.165, 1.54) is 16.2 Å². The Hall–Kier alpha value is -3.11. The second-order valence-corrected chi connectivity index (χ2v) is 10.7. The van der Waals surface area contributed by atoms with Gasteiger partial charge in [-0.25, -0.2) is 9.78 Å². The van der Waals surface area contributed by atoms with Gasteiger partial charge in [0, 0.05) is 42.0 Å². The molecule has 0 spiro atoms. The van der Waals surface area contributed by atoms with Gasteiger partial charge in [0.2, 0.25) is 0 Å². The zero-order chi connectivity index (χ0) is 23.7. The lowest BCUT2D eigenvalue weighted by Crippen LogP contribution is -2.54. The van der Waals surface area contributed by atoms with Gasteiger partial charge < -0.3 is 10.2 Å². The summed E-state index contributed by atoms with van der Waals surface area (Å²) in [6, 6.07) is 9.02. The highest BCUT2D eigenvalue weighted by Gasteiger charge is 2.58. The van der Waals surface area contributed by atoms with E-state index >= 15 is 0 Å². The zero-order valence-electron chi connectivity index (χ0n) is 18.8. The number of carbonyl (C=O) groups excluding carboxylic acids is 3. The molecule has 0 bridgehead atoms. The molecule has 1 atom stereocenters. The van der Waals surface area contributed by atoms with Gasteiger partial charge >= 0.3 is 6.03 Å². The molecule has 2 fully saturated rings. The van der Waals surface area contributed by atoms with E-state index in [9.17, 15) is 14.4 Å². The summed E-state index contributed by atoms with van der Waals surface area (Å²) in [5.41, 5.74) is -0.211. The smallest absolute Gasteiger partial charge is 0.325 e. The number of pyridine rings is 1. The summed E-state index contributed by atoms with van der Waals surface area (Å²) >= 11 is 3.07. The van der Waals surface area contributed by atoms with Crippen molar-refractivity contribution >= 4 is 40.5 Å². The first kappa shape index (κ1) is 22.7. The van der Waals surface area contributed by atoms with Gasteiger partial charge in [0.15, 0.2) is 5.54 Å². The number of aromatic nitrogens is 2. The number of hydrogen-bond acceptors (Lipinski definition) is 7. The van der Waals surface area contributed by atoms with E-state index in [0.29, 0.717) is 50.3 Å². The number of hydrogen-bond donors (Lipinski definition) is 1. The Morgan fingerprint density at radius 1 is 1.18 bits per heavy atom. The van der Waals surface area contributed by atoms with E-state index in [4.69, 9.17) is 0 Å². The summed E-state index contributed by atoms with van der Waals surface area (Å²) in [6.45, 7) is 3.18. The van der Waals surface area contributed by atoms with E-state index < -0.39 is 5.54 Å². The third kappa shape index (κ3) is 4.01. The molecule has 10 heteroatoms. The average molecular weight is 496 g/mol. The first-order valence-corrected chi connectivity index (χ1v) is 13.0. The number of rotatable bonds is 6. The van der Waals surface area contributed by atoms with Crippen molar-refractivity contribution in [2.75, 3.05) is 19.6 Å². The molecule has 2 saturated heterocycles. The van der Waals surface area contributed by atoms with Gasteiger partial charge in [0.25, 0.3) is 11.8 Å². The third-order valence-corrected chi connectivity index (χ3v) is 8.30. The number of piperidine rings is 1. The lowest BCUT2D eigenvalue weighted by Gasteiger charge is -2.40. The lowest BCUT2D eigenvalue weighted by molar-refractivity contribution is -0.134. The van der Waals surface area contributed by atoms with Crippen molar-refractivity contribution in [3.05, 3.63) is 68.6 Å². The van der Waals surface area contributed by atoms with Gasteiger partial charge in [-0.1, -0.05) is 12.1 Å². The first-order valence-electron chi connectivity index (χ1n) is 11.3. The van der Waals surface area contributed by atoms with Crippen LogP contribution < -0.4 is 5.32 Å². The van der Waals surface area contributed by atoms with Crippen molar-refractivity contribution in [1.29, 1.82) is 0 Å². The topological polar surface area (TPSA) is 95.5 Å². The monoisotopic (exact) mass is 495 g/mol. The Kier molecular flexibility index (Phi) is 6.18. The van der Waals surface area contributed by atoms with Gasteiger partial charge in [0.1, 0.15) is 5.69 Å². The lowest BCUT2D eigenvalue weighted by atomic mass is 9.75. The van der Waals surface area contributed by atoms with Crippen LogP contribution in [0.25, 0.3) is 0 Å².